The highest BCUT2D eigenvalue weighted by Gasteiger charge is 2.21. The molecule has 0 fully saturated rings. The summed E-state index contributed by atoms with van der Waals surface area (Å²) in [5.41, 5.74) is 1.26. The highest BCUT2D eigenvalue weighted by atomic mass is 35.5. The monoisotopic (exact) mass is 362 g/mol. The quantitative estimate of drug-likeness (QED) is 0.692. The molecule has 1 aromatic heterocycles. The zero-order chi connectivity index (χ0) is 17.2. The molecule has 0 saturated carbocycles. The number of hydrogen-bond acceptors (Lipinski definition) is 4. The summed E-state index contributed by atoms with van der Waals surface area (Å²) in [4.78, 5) is 4.58. The molecule has 24 heavy (non-hydrogen) atoms. The molecule has 0 saturated heterocycles. The van der Waals surface area contributed by atoms with Gasteiger partial charge in [0.25, 0.3) is 0 Å². The standard InChI is InChI=1S/C17H15ClN2O3S/c1-20(24(21,22)16-8-3-2-4-9-16)11-15-12-23-17(19-15)13-6-5-7-14(18)10-13/h2-10,12H,11H2,1H3. The first kappa shape index (κ1) is 16.7. The molecule has 0 aliphatic rings. The summed E-state index contributed by atoms with van der Waals surface area (Å²) in [6, 6.07) is 15.4. The summed E-state index contributed by atoms with van der Waals surface area (Å²) >= 11 is 5.96. The minimum Gasteiger partial charge on any atom is -0.444 e. The second-order valence-corrected chi connectivity index (χ2v) is 7.71. The third-order valence-corrected chi connectivity index (χ3v) is 5.51. The molecule has 0 amide bonds. The smallest absolute Gasteiger partial charge is 0.243 e. The van der Waals surface area contributed by atoms with Gasteiger partial charge in [0, 0.05) is 17.6 Å². The highest BCUT2D eigenvalue weighted by Crippen LogP contribution is 2.23. The van der Waals surface area contributed by atoms with Crippen LogP contribution in [-0.2, 0) is 16.6 Å². The van der Waals surface area contributed by atoms with Crippen LogP contribution in [0, 0.1) is 0 Å². The van der Waals surface area contributed by atoms with E-state index in [0.717, 1.165) is 5.56 Å². The minimum atomic E-state index is -3.57. The normalized spacial score (nSPS) is 11.8. The first-order chi connectivity index (χ1) is 11.5. The second kappa shape index (κ2) is 6.76. The van der Waals surface area contributed by atoms with Gasteiger partial charge in [0.2, 0.25) is 15.9 Å². The van der Waals surface area contributed by atoms with Gasteiger partial charge in [-0.1, -0.05) is 35.9 Å². The summed E-state index contributed by atoms with van der Waals surface area (Å²) in [7, 11) is -2.06. The fourth-order valence-corrected chi connectivity index (χ4v) is 3.57. The van der Waals surface area contributed by atoms with Crippen molar-refractivity contribution in [3.8, 4) is 11.5 Å². The van der Waals surface area contributed by atoms with Crippen LogP contribution >= 0.6 is 11.6 Å². The van der Waals surface area contributed by atoms with Gasteiger partial charge in [0.1, 0.15) is 6.26 Å². The van der Waals surface area contributed by atoms with Gasteiger partial charge in [-0.3, -0.25) is 0 Å². The van der Waals surface area contributed by atoms with Crippen molar-refractivity contribution in [2.24, 2.45) is 0 Å². The number of sulfonamides is 1. The van der Waals surface area contributed by atoms with Crippen LogP contribution in [0.4, 0.5) is 0 Å². The molecule has 0 unspecified atom stereocenters. The molecule has 0 bridgehead atoms. The first-order valence-electron chi connectivity index (χ1n) is 7.18. The summed E-state index contributed by atoms with van der Waals surface area (Å²) < 4.78 is 31.7. The average Bonchev–Trinajstić information content (AvgIpc) is 3.04. The van der Waals surface area contributed by atoms with Crippen LogP contribution in [0.15, 0.2) is 70.2 Å². The van der Waals surface area contributed by atoms with Gasteiger partial charge >= 0.3 is 0 Å². The van der Waals surface area contributed by atoms with E-state index in [1.165, 1.54) is 17.6 Å². The van der Waals surface area contributed by atoms with E-state index in [9.17, 15) is 8.42 Å². The molecule has 0 atom stereocenters. The molecule has 1 heterocycles. The van der Waals surface area contributed by atoms with Crippen molar-refractivity contribution in [3.05, 3.63) is 71.6 Å². The Morgan fingerprint density at radius 2 is 1.88 bits per heavy atom. The Labute approximate surface area is 145 Å². The summed E-state index contributed by atoms with van der Waals surface area (Å²) in [5.74, 6) is 0.401. The zero-order valence-electron chi connectivity index (χ0n) is 12.9. The van der Waals surface area contributed by atoms with Crippen molar-refractivity contribution in [1.82, 2.24) is 9.29 Å². The van der Waals surface area contributed by atoms with E-state index in [1.807, 2.05) is 6.07 Å². The lowest BCUT2D eigenvalue weighted by Crippen LogP contribution is -2.26. The number of nitrogens with zero attached hydrogens (tertiary/aromatic N) is 2. The Kier molecular flexibility index (Phi) is 4.71. The van der Waals surface area contributed by atoms with E-state index in [0.29, 0.717) is 16.6 Å². The summed E-state index contributed by atoms with van der Waals surface area (Å²) in [6.45, 7) is 0.112. The molecule has 5 nitrogen and oxygen atoms in total. The third-order valence-electron chi connectivity index (χ3n) is 3.46. The van der Waals surface area contributed by atoms with Crippen molar-refractivity contribution in [2.75, 3.05) is 7.05 Å². The van der Waals surface area contributed by atoms with Crippen LogP contribution in [0.2, 0.25) is 5.02 Å². The van der Waals surface area contributed by atoms with E-state index in [-0.39, 0.29) is 11.4 Å². The van der Waals surface area contributed by atoms with Crippen molar-refractivity contribution in [3.63, 3.8) is 0 Å². The van der Waals surface area contributed by atoms with Crippen molar-refractivity contribution in [1.29, 1.82) is 0 Å². The predicted molar refractivity (Wildman–Crippen MR) is 92.0 cm³/mol. The molecule has 0 aliphatic carbocycles. The Bertz CT molecular complexity index is 939. The average molecular weight is 363 g/mol. The molecule has 0 radical (unpaired) electrons. The van der Waals surface area contributed by atoms with Crippen molar-refractivity contribution < 1.29 is 12.8 Å². The molecule has 7 heteroatoms. The maximum Gasteiger partial charge on any atom is 0.243 e. The first-order valence-corrected chi connectivity index (χ1v) is 9.00. The lowest BCUT2D eigenvalue weighted by Gasteiger charge is -2.15. The zero-order valence-corrected chi connectivity index (χ0v) is 14.5. The third kappa shape index (κ3) is 3.51. The van der Waals surface area contributed by atoms with Crippen molar-refractivity contribution in [2.45, 2.75) is 11.4 Å². The molecule has 0 N–H and O–H groups in total. The van der Waals surface area contributed by atoms with E-state index >= 15 is 0 Å². The van der Waals surface area contributed by atoms with Gasteiger partial charge in [-0.15, -0.1) is 0 Å². The highest BCUT2D eigenvalue weighted by molar-refractivity contribution is 7.89. The maximum absolute atomic E-state index is 12.5. The van der Waals surface area contributed by atoms with Gasteiger partial charge in [-0.25, -0.2) is 13.4 Å². The minimum absolute atomic E-state index is 0.112. The van der Waals surface area contributed by atoms with Gasteiger partial charge < -0.3 is 4.42 Å². The van der Waals surface area contributed by atoms with Crippen LogP contribution < -0.4 is 0 Å². The van der Waals surface area contributed by atoms with Crippen LogP contribution in [0.1, 0.15) is 5.69 Å². The van der Waals surface area contributed by atoms with Gasteiger partial charge in [-0.2, -0.15) is 4.31 Å². The van der Waals surface area contributed by atoms with Crippen LogP contribution in [0.3, 0.4) is 0 Å². The molecule has 0 aliphatic heterocycles. The summed E-state index contributed by atoms with van der Waals surface area (Å²) in [6.07, 6.45) is 1.45. The molecule has 3 rings (SSSR count). The number of hydrogen-bond donors (Lipinski definition) is 0. The Balaban J connectivity index is 1.80. The van der Waals surface area contributed by atoms with Crippen LogP contribution in [0.25, 0.3) is 11.5 Å². The van der Waals surface area contributed by atoms with E-state index in [1.54, 1.807) is 48.5 Å². The van der Waals surface area contributed by atoms with Gasteiger partial charge in [-0.05, 0) is 30.3 Å². The topological polar surface area (TPSA) is 63.4 Å². The van der Waals surface area contributed by atoms with Crippen LogP contribution in [-0.4, -0.2) is 24.8 Å². The second-order valence-electron chi connectivity index (χ2n) is 5.23. The van der Waals surface area contributed by atoms with E-state index in [4.69, 9.17) is 16.0 Å². The van der Waals surface area contributed by atoms with Gasteiger partial charge in [0.15, 0.2) is 0 Å². The summed E-state index contributed by atoms with van der Waals surface area (Å²) in [5, 5.41) is 0.580. The fourth-order valence-electron chi connectivity index (χ4n) is 2.22. The predicted octanol–water partition coefficient (Wildman–Crippen LogP) is 3.82. The lowest BCUT2D eigenvalue weighted by molar-refractivity contribution is 0.461. The van der Waals surface area contributed by atoms with Crippen molar-refractivity contribution >= 4 is 21.6 Å². The molecule has 2 aromatic carbocycles. The Morgan fingerprint density at radius 3 is 2.58 bits per heavy atom. The largest absolute Gasteiger partial charge is 0.444 e. The Morgan fingerprint density at radius 1 is 1.12 bits per heavy atom. The Hall–Kier alpha value is -2.15. The maximum atomic E-state index is 12.5. The van der Waals surface area contributed by atoms with Crippen LogP contribution in [0.5, 0.6) is 0 Å². The lowest BCUT2D eigenvalue weighted by atomic mass is 10.2. The van der Waals surface area contributed by atoms with E-state index in [2.05, 4.69) is 4.98 Å². The number of oxazole rings is 1. The molecular formula is C17H15ClN2O3S. The molecule has 0 spiro atoms. The number of aromatic nitrogens is 1. The van der Waals surface area contributed by atoms with Gasteiger partial charge in [0.05, 0.1) is 17.1 Å². The number of rotatable bonds is 5. The molecule has 3 aromatic rings. The number of benzene rings is 2. The molecular weight excluding hydrogens is 348 g/mol. The van der Waals surface area contributed by atoms with E-state index < -0.39 is 10.0 Å². The molecule has 124 valence electrons. The fraction of sp³-hybridized carbons (Fsp3) is 0.118. The number of halogens is 1. The SMILES string of the molecule is CN(Cc1coc(-c2cccc(Cl)c2)n1)S(=O)(=O)c1ccccc1.